The maximum Gasteiger partial charge on any atom is 0.335 e. The summed E-state index contributed by atoms with van der Waals surface area (Å²) in [6.07, 6.45) is 10.2. The molecule has 4 aromatic rings. The number of carboxylic acid groups (broad SMARTS) is 1. The van der Waals surface area contributed by atoms with Crippen LogP contribution in [0.25, 0.3) is 21.9 Å². The van der Waals surface area contributed by atoms with Crippen molar-refractivity contribution < 1.29 is 19.4 Å². The van der Waals surface area contributed by atoms with Crippen LogP contribution in [0.1, 0.15) is 42.5 Å². The van der Waals surface area contributed by atoms with E-state index < -0.39 is 5.97 Å². The Morgan fingerprint density at radius 2 is 1.82 bits per heavy atom. The Morgan fingerprint density at radius 1 is 1.00 bits per heavy atom. The summed E-state index contributed by atoms with van der Waals surface area (Å²) in [6.45, 7) is 3.90. The normalized spacial score (nSPS) is 18.5. The largest absolute Gasteiger partial charge is 0.493 e. The van der Waals surface area contributed by atoms with Crippen molar-refractivity contribution in [2.45, 2.75) is 32.1 Å². The molecule has 5 heterocycles. The van der Waals surface area contributed by atoms with Crippen molar-refractivity contribution in [1.82, 2.24) is 19.9 Å². The minimum Gasteiger partial charge on any atom is -0.493 e. The van der Waals surface area contributed by atoms with Crippen LogP contribution in [0.15, 0.2) is 55.0 Å². The average molecular weight is 528 g/mol. The first-order chi connectivity index (χ1) is 19.0. The zero-order valence-corrected chi connectivity index (χ0v) is 21.9. The van der Waals surface area contributed by atoms with E-state index in [0.717, 1.165) is 73.8 Å². The van der Waals surface area contributed by atoms with Crippen molar-refractivity contribution in [2.75, 3.05) is 37.7 Å². The van der Waals surface area contributed by atoms with Crippen molar-refractivity contribution in [3.8, 4) is 5.75 Å². The Labute approximate surface area is 226 Å². The van der Waals surface area contributed by atoms with E-state index >= 15 is 0 Å². The van der Waals surface area contributed by atoms with Gasteiger partial charge in [0.1, 0.15) is 5.75 Å². The quantitative estimate of drug-likeness (QED) is 0.357. The molecule has 2 saturated heterocycles. The summed E-state index contributed by atoms with van der Waals surface area (Å²) in [7, 11) is 0. The standard InChI is InChI=1S/C30H33N5O4/c36-27(35-13-1-2-21(18-35)19-39-23-5-3-22(4-6-23)30(37)38)16-20-9-14-34(15-10-20)26-8-12-31-25-17-33-29-24(28(25)26)7-11-32-29/h3-8,11-12,17,20-21,31H,1-2,9-10,13-16,18-19H2,(H,37,38). The number of amides is 1. The highest BCUT2D eigenvalue weighted by Gasteiger charge is 2.28. The number of hydrogen-bond donors (Lipinski definition) is 2. The van der Waals surface area contributed by atoms with Crippen LogP contribution in [0.3, 0.4) is 0 Å². The molecule has 0 bridgehead atoms. The molecule has 0 saturated carbocycles. The maximum atomic E-state index is 13.2. The Bertz CT molecular complexity index is 1480. The van der Waals surface area contributed by atoms with E-state index in [1.54, 1.807) is 24.3 Å². The molecule has 2 aliphatic heterocycles. The second kappa shape index (κ2) is 10.9. The lowest BCUT2D eigenvalue weighted by molar-refractivity contribution is -0.134. The number of nitrogens with one attached hydrogen (secondary N) is 1. The molecule has 6 rings (SSSR count). The number of anilines is 1. The Balaban J connectivity index is 1.02. The number of aromatic carboxylic acids is 1. The number of carbonyl (C=O) groups excluding carboxylic acids is 1. The van der Waals surface area contributed by atoms with E-state index in [4.69, 9.17) is 9.84 Å². The van der Waals surface area contributed by atoms with E-state index in [0.29, 0.717) is 24.7 Å². The summed E-state index contributed by atoms with van der Waals surface area (Å²) < 4.78 is 5.92. The van der Waals surface area contributed by atoms with E-state index in [1.165, 1.54) is 5.69 Å². The lowest BCUT2D eigenvalue weighted by Crippen LogP contribution is -2.43. The number of aromatic nitrogens is 3. The van der Waals surface area contributed by atoms with Gasteiger partial charge in [-0.15, -0.1) is 0 Å². The molecule has 2 fully saturated rings. The van der Waals surface area contributed by atoms with Gasteiger partial charge >= 0.3 is 5.97 Å². The van der Waals surface area contributed by atoms with Crippen LogP contribution in [-0.4, -0.2) is 69.6 Å². The van der Waals surface area contributed by atoms with Crippen LogP contribution in [-0.2, 0) is 4.79 Å². The highest BCUT2D eigenvalue weighted by atomic mass is 16.5. The molecule has 1 unspecified atom stereocenters. The SMILES string of the molecule is O=C(O)c1ccc(OCC2CCCN(C(=O)CC3CCN(c4cc[nH]c5cnc6nccc6c45)CC3)C2)cc1. The number of piperidine rings is 2. The maximum absolute atomic E-state index is 13.2. The van der Waals surface area contributed by atoms with Gasteiger partial charge in [0.25, 0.3) is 0 Å². The molecular weight excluding hydrogens is 494 g/mol. The zero-order chi connectivity index (χ0) is 26.8. The van der Waals surface area contributed by atoms with Crippen molar-refractivity contribution in [1.29, 1.82) is 0 Å². The summed E-state index contributed by atoms with van der Waals surface area (Å²) in [6, 6.07) is 10.6. The topological polar surface area (TPSA) is 112 Å². The number of hydrogen-bond acceptors (Lipinski definition) is 6. The molecule has 9 nitrogen and oxygen atoms in total. The van der Waals surface area contributed by atoms with Gasteiger partial charge in [0.05, 0.1) is 23.9 Å². The summed E-state index contributed by atoms with van der Waals surface area (Å²) in [5.41, 5.74) is 3.22. The van der Waals surface area contributed by atoms with Crippen LogP contribution in [0.4, 0.5) is 5.69 Å². The number of ether oxygens (including phenoxy) is 1. The minimum absolute atomic E-state index is 0.243. The van der Waals surface area contributed by atoms with Crippen molar-refractivity contribution in [2.24, 2.45) is 11.8 Å². The number of benzene rings is 1. The Morgan fingerprint density at radius 3 is 2.62 bits per heavy atom. The van der Waals surface area contributed by atoms with Gasteiger partial charge in [-0.1, -0.05) is 0 Å². The molecule has 0 radical (unpaired) electrons. The van der Waals surface area contributed by atoms with Crippen LogP contribution in [0.5, 0.6) is 5.75 Å². The molecule has 9 heteroatoms. The molecule has 2 N–H and O–H groups in total. The second-order valence-electron chi connectivity index (χ2n) is 10.7. The number of H-pyrrole nitrogens is 1. The fourth-order valence-corrected chi connectivity index (χ4v) is 5.99. The van der Waals surface area contributed by atoms with Gasteiger partial charge in [-0.05, 0) is 68.0 Å². The first-order valence-corrected chi connectivity index (χ1v) is 13.7. The first-order valence-electron chi connectivity index (χ1n) is 13.7. The number of carboxylic acids is 1. The van der Waals surface area contributed by atoms with E-state index in [9.17, 15) is 9.59 Å². The number of pyridine rings is 2. The van der Waals surface area contributed by atoms with Crippen molar-refractivity contribution in [3.63, 3.8) is 0 Å². The molecule has 1 atom stereocenters. The second-order valence-corrected chi connectivity index (χ2v) is 10.7. The third kappa shape index (κ3) is 5.39. The zero-order valence-electron chi connectivity index (χ0n) is 21.9. The smallest absolute Gasteiger partial charge is 0.335 e. The van der Waals surface area contributed by atoms with Crippen LogP contribution in [0, 0.1) is 11.8 Å². The summed E-state index contributed by atoms with van der Waals surface area (Å²) in [5.74, 6) is 0.631. The molecule has 3 aromatic heterocycles. The molecule has 2 aliphatic rings. The number of rotatable bonds is 7. The third-order valence-electron chi connectivity index (χ3n) is 8.15. The molecule has 1 amide bonds. The number of carbonyl (C=O) groups is 2. The predicted molar refractivity (Wildman–Crippen MR) is 149 cm³/mol. The van der Waals surface area contributed by atoms with Gasteiger partial charge in [0, 0.05) is 67.4 Å². The third-order valence-corrected chi connectivity index (χ3v) is 8.15. The van der Waals surface area contributed by atoms with Gasteiger partial charge in [-0.2, -0.15) is 0 Å². The summed E-state index contributed by atoms with van der Waals surface area (Å²) >= 11 is 0. The summed E-state index contributed by atoms with van der Waals surface area (Å²) in [4.78, 5) is 40.9. The number of aromatic amines is 1. The van der Waals surface area contributed by atoms with Gasteiger partial charge in [0.15, 0.2) is 5.65 Å². The van der Waals surface area contributed by atoms with E-state index in [2.05, 4.69) is 25.9 Å². The van der Waals surface area contributed by atoms with Crippen LogP contribution in [0.2, 0.25) is 0 Å². The molecular formula is C30H33N5O4. The van der Waals surface area contributed by atoms with Crippen molar-refractivity contribution in [3.05, 3.63) is 60.6 Å². The summed E-state index contributed by atoms with van der Waals surface area (Å²) in [5, 5.41) is 11.3. The first kappa shape index (κ1) is 25.2. The van der Waals surface area contributed by atoms with Crippen LogP contribution >= 0.6 is 0 Å². The number of nitrogens with zero attached hydrogens (tertiary/aromatic N) is 4. The van der Waals surface area contributed by atoms with E-state index in [-0.39, 0.29) is 17.4 Å². The lowest BCUT2D eigenvalue weighted by Gasteiger charge is -2.36. The van der Waals surface area contributed by atoms with Gasteiger partial charge in [-0.25, -0.2) is 14.8 Å². The molecule has 1 aromatic carbocycles. The highest BCUT2D eigenvalue weighted by Crippen LogP contribution is 2.34. The molecule has 0 spiro atoms. The fourth-order valence-electron chi connectivity index (χ4n) is 5.99. The Kier molecular flexibility index (Phi) is 7.04. The number of likely N-dealkylation sites (tertiary alicyclic amines) is 1. The lowest BCUT2D eigenvalue weighted by atomic mass is 9.91. The molecule has 39 heavy (non-hydrogen) atoms. The predicted octanol–water partition coefficient (Wildman–Crippen LogP) is 4.73. The monoisotopic (exact) mass is 527 g/mol. The van der Waals surface area contributed by atoms with Crippen LogP contribution < -0.4 is 9.64 Å². The molecule has 202 valence electrons. The highest BCUT2D eigenvalue weighted by molar-refractivity contribution is 6.10. The minimum atomic E-state index is -0.949. The van der Waals surface area contributed by atoms with Gasteiger partial charge in [-0.3, -0.25) is 4.79 Å². The average Bonchev–Trinajstić information content (AvgIpc) is 3.46. The van der Waals surface area contributed by atoms with Crippen molar-refractivity contribution >= 4 is 39.5 Å². The van der Waals surface area contributed by atoms with Gasteiger partial charge < -0.3 is 24.6 Å². The van der Waals surface area contributed by atoms with E-state index in [1.807, 2.05) is 29.6 Å². The van der Waals surface area contributed by atoms with Gasteiger partial charge in [0.2, 0.25) is 5.91 Å². The molecule has 0 aliphatic carbocycles. The fraction of sp³-hybridized carbons (Fsp3) is 0.400. The number of fused-ring (bicyclic) bond motifs is 3. The Hall–Kier alpha value is -4.14.